The van der Waals surface area contributed by atoms with E-state index in [9.17, 15) is 4.79 Å². The van der Waals surface area contributed by atoms with Gasteiger partial charge >= 0.3 is 0 Å². The summed E-state index contributed by atoms with van der Waals surface area (Å²) in [6.07, 6.45) is 7.02. The van der Waals surface area contributed by atoms with Crippen LogP contribution in [0.25, 0.3) is 0 Å². The smallest absolute Gasteiger partial charge is 0.264 e. The molecule has 0 saturated heterocycles. The highest BCUT2D eigenvalue weighted by Gasteiger charge is 2.27. The van der Waals surface area contributed by atoms with Gasteiger partial charge in [-0.3, -0.25) is 4.79 Å². The van der Waals surface area contributed by atoms with Crippen LogP contribution in [0.15, 0.2) is 46.6 Å². The summed E-state index contributed by atoms with van der Waals surface area (Å²) in [6, 6.07) is 7.48. The van der Waals surface area contributed by atoms with Gasteiger partial charge in [0.25, 0.3) is 5.91 Å². The third-order valence-electron chi connectivity index (χ3n) is 3.79. The highest BCUT2D eigenvalue weighted by Crippen LogP contribution is 2.17. The molecule has 2 aliphatic rings. The van der Waals surface area contributed by atoms with E-state index in [1.165, 1.54) is 0 Å². The van der Waals surface area contributed by atoms with E-state index < -0.39 is 0 Å². The Balaban J connectivity index is 1.76. The zero-order valence-corrected chi connectivity index (χ0v) is 13.8. The Kier molecular flexibility index (Phi) is 4.76. The maximum Gasteiger partial charge on any atom is 0.264 e. The van der Waals surface area contributed by atoms with E-state index in [4.69, 9.17) is 11.6 Å². The largest absolute Gasteiger partial charge is 0.271 e. The first kappa shape index (κ1) is 15.7. The number of allylic oxidation sites excluding steroid dienone is 1. The normalized spacial score (nSPS) is 17.0. The molecule has 0 N–H and O–H groups in total. The van der Waals surface area contributed by atoms with Crippen molar-refractivity contribution in [2.24, 2.45) is 10.2 Å². The molecule has 23 heavy (non-hydrogen) atoms. The number of hydrogen-bond donors (Lipinski definition) is 0. The number of amides is 1. The van der Waals surface area contributed by atoms with Crippen molar-refractivity contribution in [2.75, 3.05) is 13.1 Å². The second-order valence-corrected chi connectivity index (χ2v) is 6.00. The molecule has 0 aliphatic carbocycles. The summed E-state index contributed by atoms with van der Waals surface area (Å²) in [4.78, 5) is 12.2. The zero-order valence-electron chi connectivity index (χ0n) is 13.1. The average molecular weight is 331 g/mol. The first-order chi connectivity index (χ1) is 11.2. The van der Waals surface area contributed by atoms with E-state index in [-0.39, 0.29) is 12.5 Å². The van der Waals surface area contributed by atoms with Crippen molar-refractivity contribution in [3.05, 3.63) is 47.0 Å². The Morgan fingerprint density at radius 1 is 1.13 bits per heavy atom. The van der Waals surface area contributed by atoms with Gasteiger partial charge in [0, 0.05) is 17.1 Å². The number of hydrogen-bond acceptors (Lipinski definition) is 4. The second kappa shape index (κ2) is 6.96. The van der Waals surface area contributed by atoms with E-state index in [2.05, 4.69) is 17.1 Å². The van der Waals surface area contributed by atoms with Gasteiger partial charge in [-0.25, -0.2) is 10.0 Å². The highest BCUT2D eigenvalue weighted by atomic mass is 35.5. The van der Waals surface area contributed by atoms with Crippen molar-refractivity contribution in [2.45, 2.75) is 26.2 Å². The lowest BCUT2D eigenvalue weighted by molar-refractivity contribution is -0.132. The standard InChI is InChI=1S/C17H19ClN4O/c1-2-3-4-11-21-17(23)12-22-16(20-21)10-9-15(19-22)13-5-7-14(18)8-6-13/h5-10H,2-4,11-12H2,1H3. The number of halogens is 1. The van der Waals surface area contributed by atoms with E-state index >= 15 is 0 Å². The number of unbranched alkanes of at least 4 members (excludes halogenated alkanes) is 2. The summed E-state index contributed by atoms with van der Waals surface area (Å²) < 4.78 is 0. The fourth-order valence-electron chi connectivity index (χ4n) is 2.51. The summed E-state index contributed by atoms with van der Waals surface area (Å²) in [5, 5.41) is 12.8. The van der Waals surface area contributed by atoms with Crippen LogP contribution < -0.4 is 0 Å². The number of carbonyl (C=O) groups excluding carboxylic acids is 1. The Morgan fingerprint density at radius 3 is 2.65 bits per heavy atom. The fourth-order valence-corrected chi connectivity index (χ4v) is 2.63. The van der Waals surface area contributed by atoms with Crippen molar-refractivity contribution < 1.29 is 4.79 Å². The zero-order chi connectivity index (χ0) is 16.2. The van der Waals surface area contributed by atoms with Gasteiger partial charge in [0.2, 0.25) is 0 Å². The summed E-state index contributed by atoms with van der Waals surface area (Å²) in [7, 11) is 0. The van der Waals surface area contributed by atoms with Crippen LogP contribution in [0.1, 0.15) is 31.7 Å². The van der Waals surface area contributed by atoms with Crippen LogP contribution in [-0.2, 0) is 4.79 Å². The number of amidine groups is 1. The Morgan fingerprint density at radius 2 is 1.91 bits per heavy atom. The molecule has 0 fully saturated rings. The van der Waals surface area contributed by atoms with Gasteiger partial charge in [0.15, 0.2) is 5.84 Å². The van der Waals surface area contributed by atoms with Crippen molar-refractivity contribution in [3.63, 3.8) is 0 Å². The van der Waals surface area contributed by atoms with Gasteiger partial charge in [0.05, 0.1) is 5.71 Å². The minimum Gasteiger partial charge on any atom is -0.271 e. The van der Waals surface area contributed by atoms with E-state index in [0.717, 1.165) is 30.5 Å². The molecular formula is C17H19ClN4O. The number of hydrazone groups is 2. The summed E-state index contributed by atoms with van der Waals surface area (Å²) in [5.74, 6) is 0.693. The van der Waals surface area contributed by atoms with Crippen LogP contribution in [-0.4, -0.2) is 40.6 Å². The lowest BCUT2D eigenvalue weighted by atomic mass is 10.1. The van der Waals surface area contributed by atoms with Gasteiger partial charge in [-0.1, -0.05) is 43.5 Å². The van der Waals surface area contributed by atoms with E-state index in [1.807, 2.05) is 36.4 Å². The van der Waals surface area contributed by atoms with Crippen molar-refractivity contribution in [1.82, 2.24) is 10.0 Å². The average Bonchev–Trinajstić information content (AvgIpc) is 2.56. The van der Waals surface area contributed by atoms with Gasteiger partial charge < -0.3 is 0 Å². The van der Waals surface area contributed by atoms with Crippen molar-refractivity contribution in [1.29, 1.82) is 0 Å². The number of benzene rings is 1. The molecule has 1 aromatic rings. The van der Waals surface area contributed by atoms with Crippen LogP contribution in [0.2, 0.25) is 5.02 Å². The van der Waals surface area contributed by atoms with E-state index in [1.54, 1.807) is 10.0 Å². The van der Waals surface area contributed by atoms with Crippen LogP contribution in [0.5, 0.6) is 0 Å². The Labute approximate surface area is 140 Å². The molecule has 0 radical (unpaired) electrons. The molecule has 120 valence electrons. The molecular weight excluding hydrogens is 312 g/mol. The quantitative estimate of drug-likeness (QED) is 0.778. The predicted molar refractivity (Wildman–Crippen MR) is 92.5 cm³/mol. The Hall–Kier alpha value is -2.14. The third-order valence-corrected chi connectivity index (χ3v) is 4.04. The molecule has 0 saturated carbocycles. The van der Waals surface area contributed by atoms with Crippen LogP contribution in [0.3, 0.4) is 0 Å². The first-order valence-corrected chi connectivity index (χ1v) is 8.24. The molecule has 0 bridgehead atoms. The first-order valence-electron chi connectivity index (χ1n) is 7.86. The third kappa shape index (κ3) is 3.62. The lowest BCUT2D eigenvalue weighted by Crippen LogP contribution is -2.46. The number of carbonyl (C=O) groups is 1. The molecule has 5 nitrogen and oxygen atoms in total. The molecule has 1 amide bonds. The molecule has 2 aliphatic heterocycles. The topological polar surface area (TPSA) is 48.3 Å². The minimum atomic E-state index is -0.0145. The minimum absolute atomic E-state index is 0.0145. The van der Waals surface area contributed by atoms with Crippen LogP contribution >= 0.6 is 11.6 Å². The molecule has 6 heteroatoms. The van der Waals surface area contributed by atoms with E-state index in [0.29, 0.717) is 17.4 Å². The van der Waals surface area contributed by atoms with Crippen molar-refractivity contribution in [3.8, 4) is 0 Å². The molecule has 0 atom stereocenters. The van der Waals surface area contributed by atoms with Gasteiger partial charge in [-0.15, -0.1) is 0 Å². The molecule has 2 heterocycles. The number of rotatable bonds is 5. The van der Waals surface area contributed by atoms with Gasteiger partial charge in [-0.2, -0.15) is 10.2 Å². The van der Waals surface area contributed by atoms with Gasteiger partial charge in [0.1, 0.15) is 6.54 Å². The van der Waals surface area contributed by atoms with Gasteiger partial charge in [-0.05, 0) is 30.7 Å². The monoisotopic (exact) mass is 330 g/mol. The van der Waals surface area contributed by atoms with Crippen molar-refractivity contribution >= 4 is 29.1 Å². The predicted octanol–water partition coefficient (Wildman–Crippen LogP) is 3.26. The molecule has 0 aromatic heterocycles. The fraction of sp³-hybridized carbons (Fsp3) is 0.353. The maximum atomic E-state index is 12.2. The molecule has 0 unspecified atom stereocenters. The highest BCUT2D eigenvalue weighted by molar-refractivity contribution is 6.30. The van der Waals surface area contributed by atoms with Crippen LogP contribution in [0, 0.1) is 0 Å². The summed E-state index contributed by atoms with van der Waals surface area (Å²) >= 11 is 5.91. The summed E-state index contributed by atoms with van der Waals surface area (Å²) in [6.45, 7) is 3.04. The van der Waals surface area contributed by atoms with Crippen LogP contribution in [0.4, 0.5) is 0 Å². The summed E-state index contributed by atoms with van der Waals surface area (Å²) in [5.41, 5.74) is 1.76. The number of nitrogens with zero attached hydrogens (tertiary/aromatic N) is 4. The Bertz CT molecular complexity index is 678. The lowest BCUT2D eigenvalue weighted by Gasteiger charge is -2.31. The maximum absolute atomic E-state index is 12.2. The molecule has 1 aromatic carbocycles. The molecule has 3 rings (SSSR count). The SMILES string of the molecule is CCCCCN1N=C2C=CC(c3ccc(Cl)cc3)=NN2CC1=O. The second-order valence-electron chi connectivity index (χ2n) is 5.57. The number of fused-ring (bicyclic) bond motifs is 1. The molecule has 0 spiro atoms.